The summed E-state index contributed by atoms with van der Waals surface area (Å²) < 4.78 is 24.6. The van der Waals surface area contributed by atoms with Crippen LogP contribution in [0.3, 0.4) is 0 Å². The van der Waals surface area contributed by atoms with Gasteiger partial charge in [0.25, 0.3) is 0 Å². The van der Waals surface area contributed by atoms with Crippen molar-refractivity contribution in [3.63, 3.8) is 0 Å². The van der Waals surface area contributed by atoms with Crippen molar-refractivity contribution in [1.29, 1.82) is 0 Å². The molecule has 1 aromatic heterocycles. The Bertz CT molecular complexity index is 1130. The summed E-state index contributed by atoms with van der Waals surface area (Å²) in [7, 11) is -3.25. The lowest BCUT2D eigenvalue weighted by atomic mass is 10.0. The number of hydrogen-bond donors (Lipinski definition) is 1. The summed E-state index contributed by atoms with van der Waals surface area (Å²) >= 11 is 4.43. The van der Waals surface area contributed by atoms with Crippen LogP contribution in [-0.2, 0) is 20.4 Å². The number of anilines is 1. The largest absolute Gasteiger partial charge is 0.325 e. The van der Waals surface area contributed by atoms with E-state index in [2.05, 4.69) is 53.6 Å². The number of carbonyl (C=O) groups is 1. The monoisotopic (exact) mass is 493 g/mol. The summed E-state index contributed by atoms with van der Waals surface area (Å²) in [5, 5.41) is 11.1. The number of sulfone groups is 1. The summed E-state index contributed by atoms with van der Waals surface area (Å²) in [6.07, 6.45) is 1.15. The Kier molecular flexibility index (Phi) is 8.15. The summed E-state index contributed by atoms with van der Waals surface area (Å²) in [5.74, 6) is 1.35. The number of amides is 1. The number of hydrogen-bond acceptors (Lipinski definition) is 8. The molecule has 3 aromatic rings. The van der Waals surface area contributed by atoms with Gasteiger partial charge < -0.3 is 5.32 Å². The van der Waals surface area contributed by atoms with E-state index >= 15 is 0 Å². The molecule has 31 heavy (non-hydrogen) atoms. The number of rotatable bonds is 9. The number of benzene rings is 2. The fourth-order valence-corrected chi connectivity index (χ4v) is 5.97. The van der Waals surface area contributed by atoms with E-state index in [9.17, 15) is 13.2 Å². The van der Waals surface area contributed by atoms with E-state index in [1.165, 1.54) is 46.4 Å². The van der Waals surface area contributed by atoms with E-state index in [0.717, 1.165) is 20.7 Å². The minimum absolute atomic E-state index is 0.188. The molecule has 2 aromatic carbocycles. The number of nitrogens with zero attached hydrogens (tertiary/aromatic N) is 2. The molecule has 0 spiro atoms. The molecule has 0 unspecified atom stereocenters. The maximum Gasteiger partial charge on any atom is 0.234 e. The normalized spacial score (nSPS) is 11.6. The van der Waals surface area contributed by atoms with Crippen LogP contribution in [0, 0.1) is 0 Å². The summed E-state index contributed by atoms with van der Waals surface area (Å²) in [5.41, 5.74) is 3.11. The van der Waals surface area contributed by atoms with Gasteiger partial charge in [-0.05, 0) is 41.3 Å². The fourth-order valence-electron chi connectivity index (χ4n) is 2.57. The third kappa shape index (κ3) is 7.34. The lowest BCUT2D eigenvalue weighted by Crippen LogP contribution is -2.14. The van der Waals surface area contributed by atoms with Gasteiger partial charge in [0.05, 0.1) is 10.6 Å². The zero-order chi connectivity index (χ0) is 22.4. The van der Waals surface area contributed by atoms with Gasteiger partial charge in [-0.3, -0.25) is 4.79 Å². The van der Waals surface area contributed by atoms with Crippen molar-refractivity contribution in [2.24, 2.45) is 0 Å². The van der Waals surface area contributed by atoms with Gasteiger partial charge in [0, 0.05) is 17.7 Å². The van der Waals surface area contributed by atoms with Crippen molar-refractivity contribution in [3.05, 3.63) is 59.7 Å². The Morgan fingerprint density at radius 3 is 2.19 bits per heavy atom. The van der Waals surface area contributed by atoms with Crippen LogP contribution in [-0.4, -0.2) is 36.5 Å². The van der Waals surface area contributed by atoms with Crippen molar-refractivity contribution >= 4 is 56.3 Å². The zero-order valence-corrected chi connectivity index (χ0v) is 20.6. The number of nitrogens with one attached hydrogen (secondary N) is 1. The van der Waals surface area contributed by atoms with Crippen molar-refractivity contribution in [2.45, 2.75) is 39.1 Å². The lowest BCUT2D eigenvalue weighted by Gasteiger charge is -2.06. The molecule has 1 N–H and O–H groups in total. The molecule has 3 rings (SSSR count). The van der Waals surface area contributed by atoms with Crippen LogP contribution >= 0.6 is 34.9 Å². The second-order valence-electron chi connectivity index (χ2n) is 7.15. The summed E-state index contributed by atoms with van der Waals surface area (Å²) in [6, 6.07) is 14.7. The fraction of sp³-hybridized carbons (Fsp3) is 0.286. The molecule has 6 nitrogen and oxygen atoms in total. The molecule has 0 radical (unpaired) electrons. The molecule has 1 amide bonds. The first-order valence-electron chi connectivity index (χ1n) is 9.48. The predicted octanol–water partition coefficient (Wildman–Crippen LogP) is 5.09. The van der Waals surface area contributed by atoms with E-state index in [1.807, 2.05) is 0 Å². The molecule has 1 heterocycles. The quantitative estimate of drug-likeness (QED) is 0.415. The van der Waals surface area contributed by atoms with Crippen LogP contribution < -0.4 is 5.32 Å². The smallest absolute Gasteiger partial charge is 0.234 e. The zero-order valence-electron chi connectivity index (χ0n) is 17.4. The van der Waals surface area contributed by atoms with Gasteiger partial charge in [-0.15, -0.1) is 10.2 Å². The third-order valence-electron chi connectivity index (χ3n) is 4.29. The first-order chi connectivity index (χ1) is 14.7. The second-order valence-corrected chi connectivity index (χ2v) is 12.6. The highest BCUT2D eigenvalue weighted by Crippen LogP contribution is 2.31. The molecular formula is C21H23N3O3S4. The Labute approximate surface area is 195 Å². The maximum absolute atomic E-state index is 12.2. The Morgan fingerprint density at radius 2 is 1.61 bits per heavy atom. The molecule has 164 valence electrons. The highest BCUT2D eigenvalue weighted by molar-refractivity contribution is 8.03. The average molecular weight is 494 g/mol. The highest BCUT2D eigenvalue weighted by atomic mass is 32.2. The van der Waals surface area contributed by atoms with Crippen LogP contribution in [0.4, 0.5) is 5.69 Å². The van der Waals surface area contributed by atoms with Crippen LogP contribution in [0.2, 0.25) is 0 Å². The Balaban J connectivity index is 1.45. The first-order valence-corrected chi connectivity index (χ1v) is 14.2. The SMILES string of the molecule is CC(C)c1ccc(CSc2nnc(SCC(=O)Nc3ccc(S(C)(=O)=O)cc3)s2)cc1. The van der Waals surface area contributed by atoms with E-state index < -0.39 is 9.84 Å². The van der Waals surface area contributed by atoms with Gasteiger partial charge in [0.2, 0.25) is 5.91 Å². The molecule has 0 saturated heterocycles. The number of thioether (sulfide) groups is 2. The van der Waals surface area contributed by atoms with Gasteiger partial charge in [-0.2, -0.15) is 0 Å². The van der Waals surface area contributed by atoms with Crippen LogP contribution in [0.15, 0.2) is 62.1 Å². The van der Waals surface area contributed by atoms with E-state index in [0.29, 0.717) is 11.6 Å². The van der Waals surface area contributed by atoms with Gasteiger partial charge in [0.15, 0.2) is 18.5 Å². The van der Waals surface area contributed by atoms with Gasteiger partial charge >= 0.3 is 0 Å². The minimum Gasteiger partial charge on any atom is -0.325 e. The number of aromatic nitrogens is 2. The van der Waals surface area contributed by atoms with Crippen molar-refractivity contribution in [3.8, 4) is 0 Å². The molecule has 0 saturated carbocycles. The molecule has 0 bridgehead atoms. The van der Waals surface area contributed by atoms with E-state index in [1.54, 1.807) is 23.9 Å². The minimum atomic E-state index is -3.25. The van der Waals surface area contributed by atoms with Crippen molar-refractivity contribution in [1.82, 2.24) is 10.2 Å². The molecule has 0 aliphatic carbocycles. The molecular weight excluding hydrogens is 471 g/mol. The maximum atomic E-state index is 12.2. The molecule has 10 heteroatoms. The van der Waals surface area contributed by atoms with E-state index in [-0.39, 0.29) is 16.6 Å². The lowest BCUT2D eigenvalue weighted by molar-refractivity contribution is -0.113. The topological polar surface area (TPSA) is 89.0 Å². The first kappa shape index (κ1) is 23.8. The molecule has 0 aliphatic rings. The summed E-state index contributed by atoms with van der Waals surface area (Å²) in [6.45, 7) is 4.36. The summed E-state index contributed by atoms with van der Waals surface area (Å²) in [4.78, 5) is 12.4. The van der Waals surface area contributed by atoms with Crippen molar-refractivity contribution in [2.75, 3.05) is 17.3 Å². The molecule has 0 atom stereocenters. The van der Waals surface area contributed by atoms with Crippen LogP contribution in [0.1, 0.15) is 30.9 Å². The van der Waals surface area contributed by atoms with Gasteiger partial charge in [-0.25, -0.2) is 8.42 Å². The van der Waals surface area contributed by atoms with Crippen LogP contribution in [0.5, 0.6) is 0 Å². The average Bonchev–Trinajstić information content (AvgIpc) is 3.19. The van der Waals surface area contributed by atoms with E-state index in [4.69, 9.17) is 0 Å². The Morgan fingerprint density at radius 1 is 1.00 bits per heavy atom. The van der Waals surface area contributed by atoms with Gasteiger partial charge in [0.1, 0.15) is 0 Å². The third-order valence-corrected chi connectivity index (χ3v) is 8.68. The second kappa shape index (κ2) is 10.6. The highest BCUT2D eigenvalue weighted by Gasteiger charge is 2.11. The molecule has 0 fully saturated rings. The predicted molar refractivity (Wildman–Crippen MR) is 129 cm³/mol. The Hall–Kier alpha value is -1.88. The number of carbonyl (C=O) groups excluding carboxylic acids is 1. The standard InChI is InChI=1S/C21H23N3O3S4/c1-14(2)16-6-4-15(5-7-16)12-28-20-23-24-21(30-20)29-13-19(25)22-17-8-10-18(11-9-17)31(3,26)27/h4-11,14H,12-13H2,1-3H3,(H,22,25). The molecule has 0 aliphatic heterocycles. The van der Waals surface area contributed by atoms with Gasteiger partial charge in [-0.1, -0.05) is 73.0 Å². The van der Waals surface area contributed by atoms with Crippen molar-refractivity contribution < 1.29 is 13.2 Å². The van der Waals surface area contributed by atoms with Crippen LogP contribution in [0.25, 0.3) is 0 Å².